The third-order valence-corrected chi connectivity index (χ3v) is 0.874. The van der Waals surface area contributed by atoms with E-state index in [0.29, 0.717) is 19.6 Å². The maximum atomic E-state index is 8.27. The molecule has 0 amide bonds. The van der Waals surface area contributed by atoms with Crippen molar-refractivity contribution in [1.29, 1.82) is 0 Å². The van der Waals surface area contributed by atoms with Gasteiger partial charge in [-0.15, -0.1) is 0 Å². The first kappa shape index (κ1) is 8.84. The standard InChI is InChI=1S/C5H14N2O2/c6-2-1-5(7)9-4-3-8/h5,8H,1-4,6-7H2. The van der Waals surface area contributed by atoms with Crippen LogP contribution >= 0.6 is 0 Å². The molecule has 0 radical (unpaired) electrons. The summed E-state index contributed by atoms with van der Waals surface area (Å²) in [4.78, 5) is 0. The van der Waals surface area contributed by atoms with E-state index in [4.69, 9.17) is 21.3 Å². The highest BCUT2D eigenvalue weighted by atomic mass is 16.5. The third-order valence-electron chi connectivity index (χ3n) is 0.874. The number of rotatable bonds is 5. The van der Waals surface area contributed by atoms with Crippen LogP contribution in [0, 0.1) is 0 Å². The Balaban J connectivity index is 2.95. The topological polar surface area (TPSA) is 81.5 Å². The van der Waals surface area contributed by atoms with Crippen LogP contribution in [0.25, 0.3) is 0 Å². The molecule has 0 rings (SSSR count). The molecule has 0 aliphatic rings. The van der Waals surface area contributed by atoms with E-state index in [9.17, 15) is 0 Å². The van der Waals surface area contributed by atoms with E-state index in [1.54, 1.807) is 0 Å². The van der Waals surface area contributed by atoms with Crippen molar-refractivity contribution in [1.82, 2.24) is 0 Å². The summed E-state index contributed by atoms with van der Waals surface area (Å²) >= 11 is 0. The van der Waals surface area contributed by atoms with Crippen molar-refractivity contribution in [2.24, 2.45) is 11.5 Å². The van der Waals surface area contributed by atoms with Gasteiger partial charge in [0.25, 0.3) is 0 Å². The Kier molecular flexibility index (Phi) is 5.86. The van der Waals surface area contributed by atoms with Gasteiger partial charge in [0, 0.05) is 0 Å². The lowest BCUT2D eigenvalue weighted by Crippen LogP contribution is -2.27. The van der Waals surface area contributed by atoms with Crippen LogP contribution in [0.15, 0.2) is 0 Å². The van der Waals surface area contributed by atoms with Gasteiger partial charge in [0.05, 0.1) is 13.2 Å². The summed E-state index contributed by atoms with van der Waals surface area (Å²) in [7, 11) is 0. The van der Waals surface area contributed by atoms with Gasteiger partial charge in [-0.3, -0.25) is 0 Å². The lowest BCUT2D eigenvalue weighted by molar-refractivity contribution is 0.0292. The first-order chi connectivity index (χ1) is 4.31. The monoisotopic (exact) mass is 134 g/mol. The predicted octanol–water partition coefficient (Wildman–Crippen LogP) is -1.37. The van der Waals surface area contributed by atoms with Gasteiger partial charge in [-0.2, -0.15) is 0 Å². The van der Waals surface area contributed by atoms with Crippen molar-refractivity contribution in [2.45, 2.75) is 12.6 Å². The van der Waals surface area contributed by atoms with E-state index < -0.39 is 0 Å². The fourth-order valence-corrected chi connectivity index (χ4v) is 0.452. The molecule has 0 saturated heterocycles. The number of hydrogen-bond donors (Lipinski definition) is 3. The summed E-state index contributed by atoms with van der Waals surface area (Å²) in [5.74, 6) is 0. The molecule has 0 aromatic carbocycles. The molecule has 0 spiro atoms. The number of aliphatic hydroxyl groups excluding tert-OH is 1. The second-order valence-electron chi connectivity index (χ2n) is 1.71. The van der Waals surface area contributed by atoms with Gasteiger partial charge in [0.1, 0.15) is 6.23 Å². The largest absolute Gasteiger partial charge is 0.394 e. The van der Waals surface area contributed by atoms with E-state index in [1.807, 2.05) is 0 Å². The molecule has 9 heavy (non-hydrogen) atoms. The zero-order valence-corrected chi connectivity index (χ0v) is 5.42. The second kappa shape index (κ2) is 5.97. The van der Waals surface area contributed by atoms with Gasteiger partial charge in [0.15, 0.2) is 0 Å². The Labute approximate surface area is 54.8 Å². The fraction of sp³-hybridized carbons (Fsp3) is 1.00. The minimum absolute atomic E-state index is 0.0122. The smallest absolute Gasteiger partial charge is 0.106 e. The molecule has 4 heteroatoms. The highest BCUT2D eigenvalue weighted by Crippen LogP contribution is 1.86. The SMILES string of the molecule is NCCC(N)OCCO. The summed E-state index contributed by atoms with van der Waals surface area (Å²) in [6.07, 6.45) is 0.321. The summed E-state index contributed by atoms with van der Waals surface area (Å²) in [5, 5.41) is 8.27. The van der Waals surface area contributed by atoms with Crippen molar-refractivity contribution < 1.29 is 9.84 Å². The number of hydrogen-bond acceptors (Lipinski definition) is 4. The first-order valence-corrected chi connectivity index (χ1v) is 2.99. The molecule has 0 bridgehead atoms. The Morgan fingerprint density at radius 2 is 2.22 bits per heavy atom. The maximum Gasteiger partial charge on any atom is 0.106 e. The van der Waals surface area contributed by atoms with E-state index >= 15 is 0 Å². The molecule has 0 aliphatic heterocycles. The normalized spacial score (nSPS) is 13.7. The van der Waals surface area contributed by atoms with Crippen LogP contribution < -0.4 is 11.5 Å². The molecule has 0 saturated carbocycles. The molecular weight excluding hydrogens is 120 g/mol. The highest BCUT2D eigenvalue weighted by molar-refractivity contribution is 4.47. The van der Waals surface area contributed by atoms with Crippen LogP contribution in [0.5, 0.6) is 0 Å². The van der Waals surface area contributed by atoms with Crippen molar-refractivity contribution in [2.75, 3.05) is 19.8 Å². The van der Waals surface area contributed by atoms with E-state index in [0.717, 1.165) is 0 Å². The number of aliphatic hydroxyl groups is 1. The van der Waals surface area contributed by atoms with Gasteiger partial charge in [-0.05, 0) is 13.0 Å². The zero-order chi connectivity index (χ0) is 7.11. The van der Waals surface area contributed by atoms with Crippen LogP contribution in [-0.4, -0.2) is 31.1 Å². The predicted molar refractivity (Wildman–Crippen MR) is 34.7 cm³/mol. The Morgan fingerprint density at radius 1 is 1.56 bits per heavy atom. The molecule has 56 valence electrons. The Hall–Kier alpha value is -0.160. The Morgan fingerprint density at radius 3 is 2.67 bits per heavy atom. The zero-order valence-electron chi connectivity index (χ0n) is 5.42. The quantitative estimate of drug-likeness (QED) is 0.405. The molecular formula is C5H14N2O2. The molecule has 0 aromatic heterocycles. The first-order valence-electron chi connectivity index (χ1n) is 2.99. The van der Waals surface area contributed by atoms with Crippen LogP contribution in [0.4, 0.5) is 0 Å². The van der Waals surface area contributed by atoms with E-state index in [2.05, 4.69) is 0 Å². The fourth-order valence-electron chi connectivity index (χ4n) is 0.452. The lowest BCUT2D eigenvalue weighted by Gasteiger charge is -2.09. The number of ether oxygens (including phenoxy) is 1. The average Bonchev–Trinajstić information content (AvgIpc) is 1.85. The minimum Gasteiger partial charge on any atom is -0.394 e. The summed E-state index contributed by atoms with van der Waals surface area (Å²) in [5.41, 5.74) is 10.5. The van der Waals surface area contributed by atoms with Crippen LogP contribution in [0.3, 0.4) is 0 Å². The van der Waals surface area contributed by atoms with Crippen molar-refractivity contribution in [3.05, 3.63) is 0 Å². The van der Waals surface area contributed by atoms with Crippen LogP contribution in [-0.2, 0) is 4.74 Å². The van der Waals surface area contributed by atoms with Gasteiger partial charge in [-0.25, -0.2) is 0 Å². The molecule has 1 atom stereocenters. The van der Waals surface area contributed by atoms with Gasteiger partial charge >= 0.3 is 0 Å². The lowest BCUT2D eigenvalue weighted by atomic mass is 10.4. The van der Waals surface area contributed by atoms with Crippen LogP contribution in [0.2, 0.25) is 0 Å². The van der Waals surface area contributed by atoms with Gasteiger partial charge in [0.2, 0.25) is 0 Å². The van der Waals surface area contributed by atoms with Gasteiger partial charge in [-0.1, -0.05) is 0 Å². The number of nitrogens with two attached hydrogens (primary N) is 2. The van der Waals surface area contributed by atoms with E-state index in [-0.39, 0.29) is 12.8 Å². The van der Waals surface area contributed by atoms with E-state index in [1.165, 1.54) is 0 Å². The van der Waals surface area contributed by atoms with Crippen molar-refractivity contribution in [3.8, 4) is 0 Å². The molecule has 4 nitrogen and oxygen atoms in total. The molecule has 0 aromatic rings. The second-order valence-corrected chi connectivity index (χ2v) is 1.71. The molecule has 1 unspecified atom stereocenters. The molecule has 0 aliphatic carbocycles. The van der Waals surface area contributed by atoms with Crippen molar-refractivity contribution >= 4 is 0 Å². The summed E-state index contributed by atoms with van der Waals surface area (Å²) in [6, 6.07) is 0. The average molecular weight is 134 g/mol. The van der Waals surface area contributed by atoms with Crippen molar-refractivity contribution in [3.63, 3.8) is 0 Å². The van der Waals surface area contributed by atoms with Crippen LogP contribution in [0.1, 0.15) is 6.42 Å². The molecule has 0 fully saturated rings. The third kappa shape index (κ3) is 5.72. The minimum atomic E-state index is -0.317. The summed E-state index contributed by atoms with van der Waals surface area (Å²) in [6.45, 7) is 0.825. The summed E-state index contributed by atoms with van der Waals surface area (Å²) < 4.78 is 4.88. The highest BCUT2D eigenvalue weighted by Gasteiger charge is 1.97. The maximum absolute atomic E-state index is 8.27. The Bertz CT molecular complexity index is 60.9. The molecule has 5 N–H and O–H groups in total. The molecule has 0 heterocycles. The van der Waals surface area contributed by atoms with Gasteiger partial charge < -0.3 is 21.3 Å².